The monoisotopic (exact) mass is 264 g/mol. The minimum absolute atomic E-state index is 0.0613. The van der Waals surface area contributed by atoms with E-state index in [0.717, 1.165) is 18.8 Å². The maximum absolute atomic E-state index is 12.0. The molecule has 0 spiro atoms. The Labute approximate surface area is 113 Å². The summed E-state index contributed by atoms with van der Waals surface area (Å²) in [6, 6.07) is 10.7. The predicted molar refractivity (Wildman–Crippen MR) is 76.9 cm³/mol. The van der Waals surface area contributed by atoms with E-state index < -0.39 is 0 Å². The third-order valence-corrected chi connectivity index (χ3v) is 4.18. The summed E-state index contributed by atoms with van der Waals surface area (Å²) in [6.45, 7) is 5.62. The Balaban J connectivity index is 1.98. The van der Waals surface area contributed by atoms with Crippen LogP contribution in [0, 0.1) is 0 Å². The molecule has 2 amide bonds. The number of nitrogens with zero attached hydrogens (tertiary/aromatic N) is 1. The maximum atomic E-state index is 12.0. The summed E-state index contributed by atoms with van der Waals surface area (Å²) in [5, 5.41) is 3.36. The zero-order valence-electron chi connectivity index (χ0n) is 10.9. The molecule has 0 aliphatic carbocycles. The van der Waals surface area contributed by atoms with E-state index in [-0.39, 0.29) is 12.1 Å². The van der Waals surface area contributed by atoms with Gasteiger partial charge in [-0.05, 0) is 19.4 Å². The van der Waals surface area contributed by atoms with Gasteiger partial charge in [-0.1, -0.05) is 30.3 Å². The van der Waals surface area contributed by atoms with Crippen molar-refractivity contribution in [2.24, 2.45) is 0 Å². The second kappa shape index (κ2) is 6.14. The first kappa shape index (κ1) is 13.3. The van der Waals surface area contributed by atoms with Gasteiger partial charge < -0.3 is 10.2 Å². The van der Waals surface area contributed by atoms with Crippen LogP contribution in [-0.4, -0.2) is 35.8 Å². The molecule has 1 aromatic carbocycles. The van der Waals surface area contributed by atoms with Crippen molar-refractivity contribution in [1.29, 1.82) is 0 Å². The molecule has 1 heterocycles. The van der Waals surface area contributed by atoms with Gasteiger partial charge >= 0.3 is 6.03 Å². The van der Waals surface area contributed by atoms with E-state index >= 15 is 0 Å². The van der Waals surface area contributed by atoms with Crippen molar-refractivity contribution < 1.29 is 4.79 Å². The van der Waals surface area contributed by atoms with Crippen molar-refractivity contribution in [1.82, 2.24) is 10.2 Å². The van der Waals surface area contributed by atoms with Crippen LogP contribution < -0.4 is 5.32 Å². The molecule has 1 aliphatic heterocycles. The van der Waals surface area contributed by atoms with Gasteiger partial charge in [0.15, 0.2) is 0 Å². The van der Waals surface area contributed by atoms with Gasteiger partial charge in [-0.3, -0.25) is 0 Å². The Bertz CT molecular complexity index is 394. The van der Waals surface area contributed by atoms with E-state index in [1.807, 2.05) is 36.6 Å². The summed E-state index contributed by atoms with van der Waals surface area (Å²) in [6.07, 6.45) is 0. The smallest absolute Gasteiger partial charge is 0.317 e. The Morgan fingerprint density at radius 1 is 1.39 bits per heavy atom. The molecule has 1 aromatic rings. The lowest BCUT2D eigenvalue weighted by Crippen LogP contribution is -2.47. The van der Waals surface area contributed by atoms with Gasteiger partial charge in [0.25, 0.3) is 0 Å². The molecule has 3 nitrogen and oxygen atoms in total. The quantitative estimate of drug-likeness (QED) is 0.891. The molecule has 0 saturated carbocycles. The Morgan fingerprint density at radius 2 is 2.11 bits per heavy atom. The fraction of sp³-hybridized carbons (Fsp3) is 0.500. The number of rotatable bonds is 2. The molecule has 2 rings (SSSR count). The van der Waals surface area contributed by atoms with E-state index in [0.29, 0.717) is 5.25 Å². The Kier molecular flexibility index (Phi) is 4.53. The first-order valence-corrected chi connectivity index (χ1v) is 7.43. The van der Waals surface area contributed by atoms with Crippen molar-refractivity contribution >= 4 is 17.8 Å². The Hall–Kier alpha value is -1.16. The predicted octanol–water partition coefficient (Wildman–Crippen LogP) is 2.89. The van der Waals surface area contributed by atoms with Crippen LogP contribution in [0.25, 0.3) is 0 Å². The number of urea groups is 1. The molecule has 98 valence electrons. The standard InChI is InChI=1S/C14H20N2OS/c1-11(2)15-14(17)16-8-9-18-13(10-16)12-6-4-3-5-7-12/h3-7,11,13H,8-10H2,1-2H3,(H,15,17). The lowest BCUT2D eigenvalue weighted by Gasteiger charge is -2.33. The highest BCUT2D eigenvalue weighted by Crippen LogP contribution is 2.32. The number of carbonyl (C=O) groups is 1. The number of hydrogen-bond acceptors (Lipinski definition) is 2. The van der Waals surface area contributed by atoms with E-state index in [4.69, 9.17) is 0 Å². The zero-order valence-corrected chi connectivity index (χ0v) is 11.7. The first-order chi connectivity index (χ1) is 8.66. The van der Waals surface area contributed by atoms with Gasteiger partial charge in [-0.2, -0.15) is 11.8 Å². The minimum Gasteiger partial charge on any atom is -0.336 e. The molecule has 1 atom stereocenters. The van der Waals surface area contributed by atoms with Crippen LogP contribution in [0.2, 0.25) is 0 Å². The van der Waals surface area contributed by atoms with Crippen LogP contribution in [0.4, 0.5) is 4.79 Å². The number of carbonyl (C=O) groups excluding carboxylic acids is 1. The van der Waals surface area contributed by atoms with Gasteiger partial charge in [-0.25, -0.2) is 4.79 Å². The van der Waals surface area contributed by atoms with Crippen LogP contribution in [0.5, 0.6) is 0 Å². The van der Waals surface area contributed by atoms with Gasteiger partial charge in [0, 0.05) is 30.1 Å². The third-order valence-electron chi connectivity index (χ3n) is 2.94. The van der Waals surface area contributed by atoms with Gasteiger partial charge in [0.2, 0.25) is 0 Å². The molecule has 1 saturated heterocycles. The van der Waals surface area contributed by atoms with Crippen molar-refractivity contribution in [3.8, 4) is 0 Å². The zero-order chi connectivity index (χ0) is 13.0. The third kappa shape index (κ3) is 3.42. The highest BCUT2D eigenvalue weighted by atomic mass is 32.2. The average Bonchev–Trinajstić information content (AvgIpc) is 2.39. The first-order valence-electron chi connectivity index (χ1n) is 6.39. The molecular weight excluding hydrogens is 244 g/mol. The highest BCUT2D eigenvalue weighted by molar-refractivity contribution is 7.99. The van der Waals surface area contributed by atoms with Gasteiger partial charge in [0.1, 0.15) is 0 Å². The fourth-order valence-electron chi connectivity index (χ4n) is 2.04. The number of hydrogen-bond donors (Lipinski definition) is 1. The second-order valence-corrected chi connectivity index (χ2v) is 6.13. The van der Waals surface area contributed by atoms with E-state index in [1.54, 1.807) is 0 Å². The molecule has 4 heteroatoms. The lowest BCUT2D eigenvalue weighted by atomic mass is 10.1. The van der Waals surface area contributed by atoms with Gasteiger partial charge in [0.05, 0.1) is 0 Å². The van der Waals surface area contributed by atoms with Crippen LogP contribution in [0.3, 0.4) is 0 Å². The van der Waals surface area contributed by atoms with E-state index in [9.17, 15) is 4.79 Å². The summed E-state index contributed by atoms with van der Waals surface area (Å²) in [4.78, 5) is 13.9. The summed E-state index contributed by atoms with van der Waals surface area (Å²) in [5.74, 6) is 1.01. The maximum Gasteiger partial charge on any atom is 0.317 e. The number of benzene rings is 1. The van der Waals surface area contributed by atoms with Crippen LogP contribution in [-0.2, 0) is 0 Å². The SMILES string of the molecule is CC(C)NC(=O)N1CCSC(c2ccccc2)C1. The van der Waals surface area contributed by atoms with Crippen molar-refractivity contribution in [2.75, 3.05) is 18.8 Å². The molecule has 18 heavy (non-hydrogen) atoms. The van der Waals surface area contributed by atoms with Crippen LogP contribution in [0.1, 0.15) is 24.7 Å². The second-order valence-electron chi connectivity index (χ2n) is 4.82. The van der Waals surface area contributed by atoms with E-state index in [1.165, 1.54) is 5.56 Å². The topological polar surface area (TPSA) is 32.3 Å². The number of nitrogens with one attached hydrogen (secondary N) is 1. The molecule has 0 bridgehead atoms. The molecule has 1 N–H and O–H groups in total. The lowest BCUT2D eigenvalue weighted by molar-refractivity contribution is 0.197. The summed E-state index contributed by atoms with van der Waals surface area (Å²) in [7, 11) is 0. The molecule has 0 aromatic heterocycles. The van der Waals surface area contributed by atoms with Crippen molar-refractivity contribution in [3.05, 3.63) is 35.9 Å². The summed E-state index contributed by atoms with van der Waals surface area (Å²) < 4.78 is 0. The van der Waals surface area contributed by atoms with Gasteiger partial charge in [-0.15, -0.1) is 0 Å². The summed E-state index contributed by atoms with van der Waals surface area (Å²) in [5.41, 5.74) is 1.31. The molecule has 1 aliphatic rings. The number of thioether (sulfide) groups is 1. The number of amides is 2. The molecule has 1 fully saturated rings. The fourth-order valence-corrected chi connectivity index (χ4v) is 3.29. The summed E-state index contributed by atoms with van der Waals surface area (Å²) >= 11 is 1.93. The van der Waals surface area contributed by atoms with E-state index in [2.05, 4.69) is 29.6 Å². The molecule has 0 radical (unpaired) electrons. The highest BCUT2D eigenvalue weighted by Gasteiger charge is 2.25. The largest absolute Gasteiger partial charge is 0.336 e. The van der Waals surface area contributed by atoms with Crippen molar-refractivity contribution in [2.45, 2.75) is 25.1 Å². The van der Waals surface area contributed by atoms with Crippen LogP contribution >= 0.6 is 11.8 Å². The Morgan fingerprint density at radius 3 is 2.78 bits per heavy atom. The normalized spacial score (nSPS) is 19.9. The molecule has 1 unspecified atom stereocenters. The van der Waals surface area contributed by atoms with Crippen molar-refractivity contribution in [3.63, 3.8) is 0 Å². The average molecular weight is 264 g/mol. The molecular formula is C14H20N2OS. The van der Waals surface area contributed by atoms with Crippen LogP contribution in [0.15, 0.2) is 30.3 Å². The minimum atomic E-state index is 0.0613.